The number of pyridine rings is 1. The van der Waals surface area contributed by atoms with E-state index in [0.717, 1.165) is 24.3 Å². The first-order valence-corrected chi connectivity index (χ1v) is 7.95. The Morgan fingerprint density at radius 2 is 2.16 bits per heavy atom. The molecule has 19 heavy (non-hydrogen) atoms. The number of carbonyl (C=O) groups is 1. The van der Waals surface area contributed by atoms with Crippen molar-refractivity contribution in [2.75, 3.05) is 24.8 Å². The van der Waals surface area contributed by atoms with Crippen LogP contribution in [0.3, 0.4) is 0 Å². The minimum Gasteiger partial charge on any atom is -0.384 e. The second kappa shape index (κ2) is 7.38. The summed E-state index contributed by atoms with van der Waals surface area (Å²) in [5.74, 6) is 1.37. The van der Waals surface area contributed by atoms with Crippen LogP contribution in [0.25, 0.3) is 0 Å². The Labute approximate surface area is 119 Å². The van der Waals surface area contributed by atoms with Crippen molar-refractivity contribution in [2.45, 2.75) is 32.7 Å². The van der Waals surface area contributed by atoms with Crippen LogP contribution in [0, 0.1) is 0 Å². The third-order valence-electron chi connectivity index (χ3n) is 3.21. The number of aromatic nitrogens is 1. The zero-order valence-corrected chi connectivity index (χ0v) is 13.0. The Morgan fingerprint density at radius 1 is 1.47 bits per heavy atom. The fraction of sp³-hybridized carbons (Fsp3) is 0.571. The zero-order valence-electron chi connectivity index (χ0n) is 12.1. The number of aryl methyl sites for hydroxylation is 1. The summed E-state index contributed by atoms with van der Waals surface area (Å²) in [4.78, 5) is 18.5. The van der Waals surface area contributed by atoms with E-state index >= 15 is 0 Å². The molecule has 106 valence electrons. The van der Waals surface area contributed by atoms with Crippen molar-refractivity contribution in [3.8, 4) is 0 Å². The number of rotatable bonds is 6. The van der Waals surface area contributed by atoms with Crippen LogP contribution in [-0.4, -0.2) is 40.9 Å². The van der Waals surface area contributed by atoms with Gasteiger partial charge in [0, 0.05) is 30.1 Å². The molecule has 1 heterocycles. The van der Waals surface area contributed by atoms with Gasteiger partial charge in [-0.15, -0.1) is 0 Å². The largest absolute Gasteiger partial charge is 0.384 e. The van der Waals surface area contributed by atoms with E-state index in [1.165, 1.54) is 0 Å². The van der Waals surface area contributed by atoms with Gasteiger partial charge >= 0.3 is 0 Å². The molecule has 1 atom stereocenters. The lowest BCUT2D eigenvalue weighted by Crippen LogP contribution is -2.38. The first-order chi connectivity index (χ1) is 9.03. The maximum Gasteiger partial charge on any atom is 0.254 e. The minimum absolute atomic E-state index is 0.0182. The monoisotopic (exact) mass is 281 g/mol. The van der Waals surface area contributed by atoms with E-state index in [-0.39, 0.29) is 11.9 Å². The minimum atomic E-state index is 0.0182. The Balaban J connectivity index is 2.95. The number of nitrogens with two attached hydrogens (primary N) is 1. The summed E-state index contributed by atoms with van der Waals surface area (Å²) in [6, 6.07) is 3.74. The predicted molar refractivity (Wildman–Crippen MR) is 82.6 cm³/mol. The van der Waals surface area contributed by atoms with E-state index in [1.54, 1.807) is 17.8 Å². The van der Waals surface area contributed by atoms with Crippen LogP contribution in [0.4, 0.5) is 5.82 Å². The highest BCUT2D eigenvalue weighted by Gasteiger charge is 2.20. The second-order valence-electron chi connectivity index (χ2n) is 4.56. The third-order valence-corrected chi connectivity index (χ3v) is 3.92. The van der Waals surface area contributed by atoms with Crippen LogP contribution >= 0.6 is 11.8 Å². The van der Waals surface area contributed by atoms with E-state index < -0.39 is 0 Å². The first kappa shape index (κ1) is 15.8. The maximum absolute atomic E-state index is 12.5. The lowest BCUT2D eigenvalue weighted by molar-refractivity contribution is 0.0743. The first-order valence-electron chi connectivity index (χ1n) is 6.55. The van der Waals surface area contributed by atoms with Gasteiger partial charge in [-0.1, -0.05) is 13.8 Å². The molecule has 0 fully saturated rings. The van der Waals surface area contributed by atoms with Gasteiger partial charge in [-0.3, -0.25) is 4.79 Å². The third kappa shape index (κ3) is 4.13. The van der Waals surface area contributed by atoms with Crippen molar-refractivity contribution in [3.05, 3.63) is 23.4 Å². The maximum atomic E-state index is 12.5. The Hall–Kier alpha value is -1.23. The molecule has 0 saturated carbocycles. The van der Waals surface area contributed by atoms with Crippen LogP contribution in [0.2, 0.25) is 0 Å². The van der Waals surface area contributed by atoms with Gasteiger partial charge in [0.2, 0.25) is 0 Å². The molecule has 0 aromatic carbocycles. The number of thioether (sulfide) groups is 1. The highest BCUT2D eigenvalue weighted by atomic mass is 32.2. The lowest BCUT2D eigenvalue weighted by atomic mass is 10.1. The molecule has 1 unspecified atom stereocenters. The molecule has 0 spiro atoms. The molecule has 0 aliphatic carbocycles. The van der Waals surface area contributed by atoms with E-state index in [9.17, 15) is 4.79 Å². The summed E-state index contributed by atoms with van der Waals surface area (Å²) in [5, 5.41) is 0. The van der Waals surface area contributed by atoms with Gasteiger partial charge in [0.05, 0.1) is 0 Å². The summed E-state index contributed by atoms with van der Waals surface area (Å²) in [5.41, 5.74) is 7.24. The van der Waals surface area contributed by atoms with Crippen molar-refractivity contribution in [1.82, 2.24) is 9.88 Å². The fourth-order valence-electron chi connectivity index (χ4n) is 1.98. The molecule has 4 nitrogen and oxygen atoms in total. The summed E-state index contributed by atoms with van der Waals surface area (Å²) >= 11 is 1.76. The molecule has 1 amide bonds. The van der Waals surface area contributed by atoms with Crippen molar-refractivity contribution >= 4 is 23.5 Å². The van der Waals surface area contributed by atoms with Crippen LogP contribution in [0.15, 0.2) is 12.1 Å². The molecular formula is C14H23N3OS. The second-order valence-corrected chi connectivity index (χ2v) is 5.47. The number of nitrogen functional groups attached to an aromatic ring is 1. The van der Waals surface area contributed by atoms with Crippen LogP contribution < -0.4 is 5.73 Å². The van der Waals surface area contributed by atoms with Crippen molar-refractivity contribution in [3.63, 3.8) is 0 Å². The Kier molecular flexibility index (Phi) is 6.15. The molecular weight excluding hydrogens is 258 g/mol. The molecule has 0 aliphatic heterocycles. The zero-order chi connectivity index (χ0) is 14.4. The highest BCUT2D eigenvalue weighted by molar-refractivity contribution is 7.98. The van der Waals surface area contributed by atoms with E-state index in [1.807, 2.05) is 24.9 Å². The van der Waals surface area contributed by atoms with E-state index in [2.05, 4.69) is 18.2 Å². The molecule has 1 rings (SSSR count). The SMILES string of the molecule is CCc1cc(C(=O)N(C)C(CC)CSC)cc(N)n1. The van der Waals surface area contributed by atoms with Crippen LogP contribution in [-0.2, 0) is 6.42 Å². The number of anilines is 1. The number of nitrogens with zero attached hydrogens (tertiary/aromatic N) is 2. The Bertz CT molecular complexity index is 437. The Morgan fingerprint density at radius 3 is 2.68 bits per heavy atom. The molecule has 0 radical (unpaired) electrons. The predicted octanol–water partition coefficient (Wildman–Crippen LogP) is 2.44. The molecule has 0 saturated heterocycles. The summed E-state index contributed by atoms with van der Waals surface area (Å²) in [6.07, 6.45) is 3.78. The number of hydrogen-bond acceptors (Lipinski definition) is 4. The van der Waals surface area contributed by atoms with Gasteiger partial charge in [0.15, 0.2) is 0 Å². The molecule has 2 N–H and O–H groups in total. The fourth-order valence-corrected chi connectivity index (χ4v) is 2.82. The molecule has 1 aromatic rings. The number of carbonyl (C=O) groups excluding carboxylic acids is 1. The molecule has 0 aliphatic rings. The summed E-state index contributed by atoms with van der Waals surface area (Å²) < 4.78 is 0. The molecule has 5 heteroatoms. The standard InChI is InChI=1S/C14H23N3OS/c1-5-11-7-10(8-13(15)16-11)14(18)17(3)12(6-2)9-19-4/h7-8,12H,5-6,9H2,1-4H3,(H2,15,16). The lowest BCUT2D eigenvalue weighted by Gasteiger charge is -2.27. The van der Waals surface area contributed by atoms with Gasteiger partial charge < -0.3 is 10.6 Å². The topological polar surface area (TPSA) is 59.2 Å². The van der Waals surface area contributed by atoms with Crippen molar-refractivity contribution in [1.29, 1.82) is 0 Å². The van der Waals surface area contributed by atoms with Gasteiger partial charge in [-0.05, 0) is 31.2 Å². The van der Waals surface area contributed by atoms with Gasteiger partial charge in [-0.2, -0.15) is 11.8 Å². The smallest absolute Gasteiger partial charge is 0.254 e. The molecule has 0 bridgehead atoms. The van der Waals surface area contributed by atoms with Crippen molar-refractivity contribution in [2.24, 2.45) is 0 Å². The van der Waals surface area contributed by atoms with Crippen LogP contribution in [0.1, 0.15) is 36.3 Å². The highest BCUT2D eigenvalue weighted by Crippen LogP contribution is 2.15. The molecule has 1 aromatic heterocycles. The van der Waals surface area contributed by atoms with Gasteiger partial charge in [0.25, 0.3) is 5.91 Å². The summed E-state index contributed by atoms with van der Waals surface area (Å²) in [7, 11) is 1.86. The number of amides is 1. The average Bonchev–Trinajstić information content (AvgIpc) is 2.42. The summed E-state index contributed by atoms with van der Waals surface area (Å²) in [6.45, 7) is 4.10. The van der Waals surface area contributed by atoms with Gasteiger partial charge in [-0.25, -0.2) is 4.98 Å². The number of hydrogen-bond donors (Lipinski definition) is 1. The van der Waals surface area contributed by atoms with E-state index in [4.69, 9.17) is 5.73 Å². The van der Waals surface area contributed by atoms with Gasteiger partial charge in [0.1, 0.15) is 5.82 Å². The van der Waals surface area contributed by atoms with E-state index in [0.29, 0.717) is 11.4 Å². The average molecular weight is 281 g/mol. The quantitative estimate of drug-likeness (QED) is 0.870. The normalized spacial score (nSPS) is 12.2. The van der Waals surface area contributed by atoms with Crippen molar-refractivity contribution < 1.29 is 4.79 Å². The van der Waals surface area contributed by atoms with Crippen LogP contribution in [0.5, 0.6) is 0 Å².